The molecule has 0 aliphatic heterocycles. The summed E-state index contributed by atoms with van der Waals surface area (Å²) >= 11 is 3.47. The average molecular weight is 384 g/mol. The largest absolute Gasteiger partial charge is 0.354 e. The van der Waals surface area contributed by atoms with Gasteiger partial charge in [0, 0.05) is 31.0 Å². The molecule has 1 aromatic rings. The molecule has 0 heterocycles. The third-order valence-corrected chi connectivity index (χ3v) is 4.76. The lowest BCUT2D eigenvalue weighted by molar-refractivity contribution is -0.130. The van der Waals surface area contributed by atoms with Crippen molar-refractivity contribution in [1.82, 2.24) is 10.2 Å². The van der Waals surface area contributed by atoms with Crippen molar-refractivity contribution in [3.63, 3.8) is 0 Å². The van der Waals surface area contributed by atoms with Gasteiger partial charge in [0.1, 0.15) is 0 Å². The van der Waals surface area contributed by atoms with Gasteiger partial charge in [-0.25, -0.2) is 0 Å². The van der Waals surface area contributed by atoms with Gasteiger partial charge in [0.05, 0.1) is 6.04 Å². The van der Waals surface area contributed by atoms with E-state index >= 15 is 0 Å². The minimum Gasteiger partial charge on any atom is -0.354 e. The molecule has 0 bridgehead atoms. The topological polar surface area (TPSA) is 75.4 Å². The molecular formula is C17H26BrN3O2. The quantitative estimate of drug-likeness (QED) is 0.722. The van der Waals surface area contributed by atoms with Crippen molar-refractivity contribution in [3.8, 4) is 0 Å². The summed E-state index contributed by atoms with van der Waals surface area (Å²) in [7, 11) is 1.76. The zero-order valence-electron chi connectivity index (χ0n) is 14.0. The molecule has 6 heteroatoms. The van der Waals surface area contributed by atoms with E-state index in [1.165, 1.54) is 0 Å². The Kier molecular flexibility index (Phi) is 8.26. The zero-order valence-corrected chi connectivity index (χ0v) is 15.6. The smallest absolute Gasteiger partial charge is 0.237 e. The van der Waals surface area contributed by atoms with Gasteiger partial charge in [0.2, 0.25) is 11.8 Å². The molecule has 128 valence electrons. The summed E-state index contributed by atoms with van der Waals surface area (Å²) in [6.45, 7) is 4.78. The number of halogens is 1. The molecule has 2 atom stereocenters. The summed E-state index contributed by atoms with van der Waals surface area (Å²) in [5.41, 5.74) is 6.90. The predicted molar refractivity (Wildman–Crippen MR) is 95.7 cm³/mol. The number of rotatable bonds is 8. The number of hydrogen-bond donors (Lipinski definition) is 2. The Morgan fingerprint density at radius 3 is 2.61 bits per heavy atom. The van der Waals surface area contributed by atoms with Crippen LogP contribution in [0.5, 0.6) is 0 Å². The van der Waals surface area contributed by atoms with E-state index in [2.05, 4.69) is 21.2 Å². The summed E-state index contributed by atoms with van der Waals surface area (Å²) in [5, 5.41) is 2.74. The van der Waals surface area contributed by atoms with E-state index in [0.717, 1.165) is 16.5 Å². The van der Waals surface area contributed by atoms with E-state index in [-0.39, 0.29) is 24.2 Å². The van der Waals surface area contributed by atoms with Crippen molar-refractivity contribution < 1.29 is 9.59 Å². The van der Waals surface area contributed by atoms with Crippen molar-refractivity contribution in [3.05, 3.63) is 34.3 Å². The molecule has 5 nitrogen and oxygen atoms in total. The summed E-state index contributed by atoms with van der Waals surface area (Å²) in [4.78, 5) is 25.6. The fourth-order valence-electron chi connectivity index (χ4n) is 2.08. The van der Waals surface area contributed by atoms with Crippen LogP contribution in [0.15, 0.2) is 28.7 Å². The molecule has 2 unspecified atom stereocenters. The Morgan fingerprint density at radius 1 is 1.35 bits per heavy atom. The molecule has 1 rings (SSSR count). The summed E-state index contributed by atoms with van der Waals surface area (Å²) in [6, 6.07) is 7.28. The Bertz CT molecular complexity index is 536. The van der Waals surface area contributed by atoms with Crippen LogP contribution in [0.2, 0.25) is 0 Å². The van der Waals surface area contributed by atoms with E-state index in [0.29, 0.717) is 13.1 Å². The van der Waals surface area contributed by atoms with Gasteiger partial charge in [-0.1, -0.05) is 54.4 Å². The van der Waals surface area contributed by atoms with E-state index in [1.807, 2.05) is 38.1 Å². The monoisotopic (exact) mass is 383 g/mol. The van der Waals surface area contributed by atoms with E-state index in [1.54, 1.807) is 11.9 Å². The lowest BCUT2D eigenvalue weighted by Crippen LogP contribution is -2.45. The normalized spacial score (nSPS) is 13.3. The highest BCUT2D eigenvalue weighted by atomic mass is 79.9. The Morgan fingerprint density at radius 2 is 2.00 bits per heavy atom. The van der Waals surface area contributed by atoms with Gasteiger partial charge in [-0.15, -0.1) is 0 Å². The molecule has 1 aromatic carbocycles. The molecule has 0 aromatic heterocycles. The molecule has 0 aliphatic carbocycles. The highest BCUT2D eigenvalue weighted by Gasteiger charge is 2.19. The van der Waals surface area contributed by atoms with Gasteiger partial charge >= 0.3 is 0 Å². The van der Waals surface area contributed by atoms with E-state index in [4.69, 9.17) is 5.73 Å². The van der Waals surface area contributed by atoms with Gasteiger partial charge in [0.25, 0.3) is 0 Å². The minimum atomic E-state index is -0.520. The Balaban J connectivity index is 2.39. The lowest BCUT2D eigenvalue weighted by atomic mass is 9.99. The number of nitrogens with zero attached hydrogens (tertiary/aromatic N) is 1. The predicted octanol–water partition coefficient (Wildman–Crippen LogP) is 2.29. The second kappa shape index (κ2) is 9.67. The average Bonchev–Trinajstić information content (AvgIpc) is 2.55. The molecule has 3 N–H and O–H groups in total. The number of nitrogens with one attached hydrogen (secondary N) is 1. The Hall–Kier alpha value is -1.40. The molecule has 0 radical (unpaired) electrons. The maximum absolute atomic E-state index is 12.1. The molecule has 2 amide bonds. The van der Waals surface area contributed by atoms with E-state index < -0.39 is 6.04 Å². The number of nitrogens with two attached hydrogens (primary N) is 1. The highest BCUT2D eigenvalue weighted by molar-refractivity contribution is 9.10. The van der Waals surface area contributed by atoms with Gasteiger partial charge in [-0.2, -0.15) is 0 Å². The first-order chi connectivity index (χ1) is 10.9. The highest BCUT2D eigenvalue weighted by Crippen LogP contribution is 2.17. The van der Waals surface area contributed by atoms with Crippen molar-refractivity contribution >= 4 is 27.7 Å². The summed E-state index contributed by atoms with van der Waals surface area (Å²) in [5.74, 6) is -0.0809. The van der Waals surface area contributed by atoms with Gasteiger partial charge in [-0.05, 0) is 17.5 Å². The second-order valence-electron chi connectivity index (χ2n) is 5.79. The number of amides is 2. The first-order valence-corrected chi connectivity index (χ1v) is 8.66. The number of carbonyl (C=O) groups excluding carboxylic acids is 2. The van der Waals surface area contributed by atoms with Crippen molar-refractivity contribution in [2.75, 3.05) is 13.6 Å². The van der Waals surface area contributed by atoms with Gasteiger partial charge in [-0.3, -0.25) is 9.59 Å². The third kappa shape index (κ3) is 6.31. The maximum atomic E-state index is 12.1. The zero-order chi connectivity index (χ0) is 17.4. The molecular weight excluding hydrogens is 358 g/mol. The van der Waals surface area contributed by atoms with Crippen molar-refractivity contribution in [2.45, 2.75) is 39.3 Å². The fraction of sp³-hybridized carbons (Fsp3) is 0.529. The van der Waals surface area contributed by atoms with Crippen LogP contribution in [0.4, 0.5) is 0 Å². The van der Waals surface area contributed by atoms with Crippen molar-refractivity contribution in [2.24, 2.45) is 11.7 Å². The number of carbonyl (C=O) groups is 2. The maximum Gasteiger partial charge on any atom is 0.237 e. The van der Waals surface area contributed by atoms with Crippen LogP contribution < -0.4 is 11.1 Å². The molecule has 0 saturated heterocycles. The van der Waals surface area contributed by atoms with Crippen LogP contribution in [-0.4, -0.2) is 36.3 Å². The molecule has 0 fully saturated rings. The first kappa shape index (κ1) is 19.6. The second-order valence-corrected chi connectivity index (χ2v) is 6.65. The number of hydrogen-bond acceptors (Lipinski definition) is 3. The first-order valence-electron chi connectivity index (χ1n) is 7.87. The molecule has 23 heavy (non-hydrogen) atoms. The SMILES string of the molecule is CCC(C)C(N)C(=O)NCCC(=O)N(C)Cc1ccccc1Br. The molecule has 0 saturated carbocycles. The summed E-state index contributed by atoms with van der Waals surface area (Å²) in [6.07, 6.45) is 1.11. The Labute approximate surface area is 146 Å². The van der Waals surface area contributed by atoms with Crippen LogP contribution in [0.1, 0.15) is 32.3 Å². The van der Waals surface area contributed by atoms with Crippen LogP contribution in [-0.2, 0) is 16.1 Å². The lowest BCUT2D eigenvalue weighted by Gasteiger charge is -2.20. The molecule has 0 spiro atoms. The van der Waals surface area contributed by atoms with Crippen molar-refractivity contribution in [1.29, 1.82) is 0 Å². The van der Waals surface area contributed by atoms with Gasteiger partial charge < -0.3 is 16.0 Å². The standard InChI is InChI=1S/C17H26BrN3O2/c1-4-12(2)16(19)17(23)20-10-9-15(22)21(3)11-13-7-5-6-8-14(13)18/h5-8,12,16H,4,9-11,19H2,1-3H3,(H,20,23). The minimum absolute atomic E-state index is 0.0156. The van der Waals surface area contributed by atoms with E-state index in [9.17, 15) is 9.59 Å². The molecule has 0 aliphatic rings. The van der Waals surface area contributed by atoms with Crippen LogP contribution in [0.3, 0.4) is 0 Å². The van der Waals surface area contributed by atoms with Crippen LogP contribution in [0.25, 0.3) is 0 Å². The number of benzene rings is 1. The van der Waals surface area contributed by atoms with Crippen LogP contribution >= 0.6 is 15.9 Å². The van der Waals surface area contributed by atoms with Crippen LogP contribution in [0, 0.1) is 5.92 Å². The summed E-state index contributed by atoms with van der Waals surface area (Å²) < 4.78 is 0.979. The van der Waals surface area contributed by atoms with Gasteiger partial charge in [0.15, 0.2) is 0 Å². The third-order valence-electron chi connectivity index (χ3n) is 3.99. The fourth-order valence-corrected chi connectivity index (χ4v) is 2.49.